The molecule has 3 unspecified atom stereocenters. The number of nitriles is 1. The Morgan fingerprint density at radius 3 is 2.80 bits per heavy atom. The molecule has 2 fully saturated rings. The van der Waals surface area contributed by atoms with Gasteiger partial charge in [-0.25, -0.2) is 4.98 Å². The molecule has 2 aliphatic heterocycles. The predicted molar refractivity (Wildman–Crippen MR) is 110 cm³/mol. The summed E-state index contributed by atoms with van der Waals surface area (Å²) in [6.07, 6.45) is 2.38. The van der Waals surface area contributed by atoms with Crippen molar-refractivity contribution in [3.63, 3.8) is 0 Å². The Bertz CT molecular complexity index is 945. The maximum atomic E-state index is 12.9. The molecule has 2 saturated heterocycles. The van der Waals surface area contributed by atoms with Gasteiger partial charge in [-0.2, -0.15) is 5.26 Å². The number of anilines is 1. The van der Waals surface area contributed by atoms with E-state index in [9.17, 15) is 4.79 Å². The molecule has 0 radical (unpaired) electrons. The Hall–Kier alpha value is -2.92. The number of nitrogens with zero attached hydrogens (tertiary/aromatic N) is 5. The third kappa shape index (κ3) is 3.65. The van der Waals surface area contributed by atoms with Crippen molar-refractivity contribution in [3.05, 3.63) is 40.9 Å². The first kappa shape index (κ1) is 20.4. The molecule has 0 aromatic carbocycles. The Labute approximate surface area is 176 Å². The van der Waals surface area contributed by atoms with Crippen LogP contribution < -0.4 is 4.90 Å². The van der Waals surface area contributed by atoms with Crippen molar-refractivity contribution in [3.8, 4) is 6.07 Å². The largest absolute Gasteiger partial charge is 0.364 e. The van der Waals surface area contributed by atoms with Gasteiger partial charge in [-0.1, -0.05) is 12.1 Å². The summed E-state index contributed by atoms with van der Waals surface area (Å²) in [6.45, 7) is 9.22. The molecular formula is C22H27N5O3. The molecule has 0 N–H and O–H groups in total. The van der Waals surface area contributed by atoms with Crippen LogP contribution in [0.5, 0.6) is 0 Å². The second kappa shape index (κ2) is 8.07. The molecule has 0 aliphatic carbocycles. The monoisotopic (exact) mass is 409 g/mol. The Kier molecular flexibility index (Phi) is 5.48. The highest BCUT2D eigenvalue weighted by atomic mass is 16.5. The summed E-state index contributed by atoms with van der Waals surface area (Å²) in [5.41, 5.74) is 2.26. The maximum Gasteiger partial charge on any atom is 0.248 e. The number of fused-ring (bicyclic) bond motifs is 2. The van der Waals surface area contributed by atoms with Gasteiger partial charge in [-0.3, -0.25) is 4.79 Å². The van der Waals surface area contributed by atoms with Gasteiger partial charge in [0.15, 0.2) is 0 Å². The van der Waals surface area contributed by atoms with Gasteiger partial charge in [0.25, 0.3) is 0 Å². The molecule has 8 nitrogen and oxygen atoms in total. The molecule has 0 spiro atoms. The number of carbonyl (C=O) groups excluding carboxylic acids is 1. The summed E-state index contributed by atoms with van der Waals surface area (Å²) >= 11 is 0. The van der Waals surface area contributed by atoms with E-state index in [1.165, 1.54) is 0 Å². The molecule has 2 aromatic rings. The van der Waals surface area contributed by atoms with Gasteiger partial charge in [0.1, 0.15) is 24.3 Å². The molecule has 8 heteroatoms. The third-order valence-corrected chi connectivity index (χ3v) is 6.34. The first-order chi connectivity index (χ1) is 14.4. The topological polar surface area (TPSA) is 95.5 Å². The molecule has 4 heterocycles. The van der Waals surface area contributed by atoms with Gasteiger partial charge in [-0.15, -0.1) is 0 Å². The fourth-order valence-electron chi connectivity index (χ4n) is 4.84. The molecule has 4 rings (SSSR count). The number of hydrogen-bond donors (Lipinski definition) is 0. The lowest BCUT2D eigenvalue weighted by Crippen LogP contribution is -2.57. The molecule has 2 aromatic heterocycles. The predicted octanol–water partition coefficient (Wildman–Crippen LogP) is 2.76. The SMILES string of the molecule is Cc1noc(C)c1C(C)OCC(=O)N1CC2C[C@H](C)C(C1)N2c1ccc(C#N)cn1. The molecule has 30 heavy (non-hydrogen) atoms. The quantitative estimate of drug-likeness (QED) is 0.749. The molecule has 4 atom stereocenters. The van der Waals surface area contributed by atoms with Crippen molar-refractivity contribution < 1.29 is 14.1 Å². The number of amides is 1. The van der Waals surface area contributed by atoms with E-state index in [-0.39, 0.29) is 30.7 Å². The minimum atomic E-state index is -0.250. The molecule has 2 aliphatic rings. The van der Waals surface area contributed by atoms with E-state index in [1.807, 2.05) is 31.7 Å². The van der Waals surface area contributed by atoms with Crippen LogP contribution in [0.2, 0.25) is 0 Å². The van der Waals surface area contributed by atoms with E-state index in [0.29, 0.717) is 24.6 Å². The lowest BCUT2D eigenvalue weighted by Gasteiger charge is -2.42. The van der Waals surface area contributed by atoms with E-state index in [2.05, 4.69) is 28.0 Å². The normalized spacial score (nSPS) is 24.0. The fraction of sp³-hybridized carbons (Fsp3) is 0.545. The van der Waals surface area contributed by atoms with Crippen LogP contribution in [0.1, 0.15) is 49.0 Å². The molecule has 2 bridgehead atoms. The van der Waals surface area contributed by atoms with Crippen LogP contribution in [0.4, 0.5) is 5.82 Å². The zero-order chi connectivity index (χ0) is 21.4. The van der Waals surface area contributed by atoms with Gasteiger partial charge in [0.05, 0.1) is 23.4 Å². The number of pyridine rings is 1. The van der Waals surface area contributed by atoms with Crippen LogP contribution in [0.15, 0.2) is 22.9 Å². The fourth-order valence-corrected chi connectivity index (χ4v) is 4.84. The molecule has 158 valence electrons. The van der Waals surface area contributed by atoms with E-state index >= 15 is 0 Å². The summed E-state index contributed by atoms with van der Waals surface area (Å²) in [6, 6.07) is 6.25. The van der Waals surface area contributed by atoms with Crippen molar-refractivity contribution in [2.45, 2.75) is 52.3 Å². The summed E-state index contributed by atoms with van der Waals surface area (Å²) in [7, 11) is 0. The van der Waals surface area contributed by atoms with Gasteiger partial charge in [0, 0.05) is 30.9 Å². The van der Waals surface area contributed by atoms with Crippen LogP contribution in [0, 0.1) is 31.1 Å². The van der Waals surface area contributed by atoms with Crippen molar-refractivity contribution in [2.75, 3.05) is 24.6 Å². The van der Waals surface area contributed by atoms with Gasteiger partial charge in [-0.05, 0) is 45.2 Å². The second-order valence-electron chi connectivity index (χ2n) is 8.35. The lowest BCUT2D eigenvalue weighted by atomic mass is 10.0. The smallest absolute Gasteiger partial charge is 0.248 e. The van der Waals surface area contributed by atoms with Crippen molar-refractivity contribution in [2.24, 2.45) is 5.92 Å². The highest BCUT2D eigenvalue weighted by molar-refractivity contribution is 5.78. The highest BCUT2D eigenvalue weighted by Crippen LogP contribution is 2.37. The van der Waals surface area contributed by atoms with Crippen molar-refractivity contribution in [1.29, 1.82) is 5.26 Å². The van der Waals surface area contributed by atoms with E-state index in [4.69, 9.17) is 14.5 Å². The zero-order valence-corrected chi connectivity index (χ0v) is 17.8. The lowest BCUT2D eigenvalue weighted by molar-refractivity contribution is -0.139. The summed E-state index contributed by atoms with van der Waals surface area (Å²) < 4.78 is 11.1. The number of ether oxygens (including phenoxy) is 1. The zero-order valence-electron chi connectivity index (χ0n) is 17.8. The van der Waals surface area contributed by atoms with E-state index < -0.39 is 0 Å². The Balaban J connectivity index is 1.40. The first-order valence-electron chi connectivity index (χ1n) is 10.4. The average molecular weight is 409 g/mol. The molecule has 1 amide bonds. The number of aromatic nitrogens is 2. The van der Waals surface area contributed by atoms with Crippen LogP contribution in [0.3, 0.4) is 0 Å². The first-order valence-corrected chi connectivity index (χ1v) is 10.4. The number of aryl methyl sites for hydroxylation is 2. The average Bonchev–Trinajstić information content (AvgIpc) is 3.18. The van der Waals surface area contributed by atoms with E-state index in [0.717, 1.165) is 29.3 Å². The number of hydrogen-bond acceptors (Lipinski definition) is 7. The van der Waals surface area contributed by atoms with Crippen LogP contribution in [-0.4, -0.2) is 52.7 Å². The van der Waals surface area contributed by atoms with Crippen LogP contribution in [-0.2, 0) is 9.53 Å². The van der Waals surface area contributed by atoms with Crippen molar-refractivity contribution in [1.82, 2.24) is 15.0 Å². The number of carbonyl (C=O) groups is 1. The number of rotatable bonds is 5. The van der Waals surface area contributed by atoms with Crippen molar-refractivity contribution >= 4 is 11.7 Å². The summed E-state index contributed by atoms with van der Waals surface area (Å²) in [4.78, 5) is 21.6. The van der Waals surface area contributed by atoms with Gasteiger partial charge < -0.3 is 19.1 Å². The Morgan fingerprint density at radius 1 is 1.40 bits per heavy atom. The van der Waals surface area contributed by atoms with Gasteiger partial charge >= 0.3 is 0 Å². The van der Waals surface area contributed by atoms with Crippen LogP contribution >= 0.6 is 0 Å². The summed E-state index contributed by atoms with van der Waals surface area (Å²) in [5.74, 6) is 2.07. The highest BCUT2D eigenvalue weighted by Gasteiger charge is 2.46. The minimum Gasteiger partial charge on any atom is -0.364 e. The number of likely N-dealkylation sites (tertiary alicyclic amines) is 1. The van der Waals surface area contributed by atoms with E-state index in [1.54, 1.807) is 12.3 Å². The second-order valence-corrected chi connectivity index (χ2v) is 8.35. The third-order valence-electron chi connectivity index (χ3n) is 6.34. The molecule has 0 saturated carbocycles. The van der Waals surface area contributed by atoms with Crippen LogP contribution in [0.25, 0.3) is 0 Å². The number of piperazine rings is 1. The standard InChI is InChI=1S/C22H27N5O3/c1-13-7-18-10-26(11-19(13)27(18)20-6-5-17(8-23)9-24-20)21(28)12-29-15(3)22-14(2)25-30-16(22)4/h5-6,9,13,15,18-19H,7,10-12H2,1-4H3/t13-,15?,18?,19?/m0/s1. The van der Waals surface area contributed by atoms with Gasteiger partial charge in [0.2, 0.25) is 5.91 Å². The Morgan fingerprint density at radius 2 is 2.20 bits per heavy atom. The summed E-state index contributed by atoms with van der Waals surface area (Å²) in [5, 5.41) is 13.0. The maximum absolute atomic E-state index is 12.9. The molecular weight excluding hydrogens is 382 g/mol. The minimum absolute atomic E-state index is 0.00477.